The van der Waals surface area contributed by atoms with E-state index in [9.17, 15) is 9.59 Å². The Balaban J connectivity index is 1.24. The molecule has 1 aliphatic heterocycles. The Kier molecular flexibility index (Phi) is 6.88. The van der Waals surface area contributed by atoms with Crippen molar-refractivity contribution in [2.75, 3.05) is 31.2 Å². The highest BCUT2D eigenvalue weighted by Gasteiger charge is 2.23. The van der Waals surface area contributed by atoms with Crippen LogP contribution in [0.2, 0.25) is 0 Å². The molecule has 5 aromatic rings. The third kappa shape index (κ3) is 4.99. The van der Waals surface area contributed by atoms with Crippen LogP contribution in [0.25, 0.3) is 22.2 Å². The summed E-state index contributed by atoms with van der Waals surface area (Å²) in [6, 6.07) is 20.8. The molecular weight excluding hydrogens is 502 g/mol. The number of rotatable bonds is 6. The smallest absolute Gasteiger partial charge is 0.263 e. The van der Waals surface area contributed by atoms with Crippen LogP contribution < -0.4 is 16.6 Å². The summed E-state index contributed by atoms with van der Waals surface area (Å²) in [4.78, 5) is 37.3. The molecule has 2 aromatic carbocycles. The molecule has 1 amide bonds. The van der Waals surface area contributed by atoms with Crippen molar-refractivity contribution in [1.29, 1.82) is 0 Å². The predicted octanol–water partition coefficient (Wildman–Crippen LogP) is 4.41. The van der Waals surface area contributed by atoms with Gasteiger partial charge in [0.2, 0.25) is 0 Å². The Hall–Kier alpha value is -4.76. The first kappa shape index (κ1) is 25.5. The van der Waals surface area contributed by atoms with Crippen LogP contribution in [0.15, 0.2) is 90.2 Å². The number of aromatic nitrogens is 4. The zero-order valence-corrected chi connectivity index (χ0v) is 22.3. The van der Waals surface area contributed by atoms with Crippen LogP contribution in [0.4, 0.5) is 11.5 Å². The molecule has 4 heterocycles. The molecule has 202 valence electrons. The van der Waals surface area contributed by atoms with Gasteiger partial charge in [-0.05, 0) is 68.4 Å². The van der Waals surface area contributed by atoms with Gasteiger partial charge < -0.3 is 25.1 Å². The SMILES string of the molecule is CN1CCC(n2cc(-c3ccc(NC(=O)c4cccn(Cc5ccccc5)c4=O)cc3)c3c(N)ncnc32)CC1. The van der Waals surface area contributed by atoms with Crippen molar-refractivity contribution in [2.24, 2.45) is 0 Å². The quantitative estimate of drug-likeness (QED) is 0.335. The number of nitrogen functional groups attached to an aromatic ring is 1. The minimum Gasteiger partial charge on any atom is -0.383 e. The number of hydrogen-bond acceptors (Lipinski definition) is 6. The van der Waals surface area contributed by atoms with Crippen LogP contribution in [0.3, 0.4) is 0 Å². The molecule has 1 fully saturated rings. The number of carbonyl (C=O) groups is 1. The highest BCUT2D eigenvalue weighted by Crippen LogP contribution is 2.36. The highest BCUT2D eigenvalue weighted by atomic mass is 16.2. The van der Waals surface area contributed by atoms with E-state index in [1.165, 1.54) is 6.33 Å². The summed E-state index contributed by atoms with van der Waals surface area (Å²) in [7, 11) is 2.15. The molecular formula is C31H31N7O2. The van der Waals surface area contributed by atoms with Crippen molar-refractivity contribution in [3.8, 4) is 11.1 Å². The van der Waals surface area contributed by atoms with E-state index in [1.54, 1.807) is 22.9 Å². The molecule has 9 heteroatoms. The Labute approximate surface area is 231 Å². The normalized spacial score (nSPS) is 14.4. The number of pyridine rings is 1. The molecule has 0 bridgehead atoms. The molecule has 6 rings (SSSR count). The van der Waals surface area contributed by atoms with Gasteiger partial charge in [0.15, 0.2) is 0 Å². The van der Waals surface area contributed by atoms with Gasteiger partial charge in [0.05, 0.1) is 11.9 Å². The van der Waals surface area contributed by atoms with E-state index in [0.29, 0.717) is 24.1 Å². The third-order valence-corrected chi connectivity index (χ3v) is 7.63. The van der Waals surface area contributed by atoms with Gasteiger partial charge in [0.1, 0.15) is 23.4 Å². The van der Waals surface area contributed by atoms with E-state index in [-0.39, 0.29) is 11.1 Å². The number of nitrogens with one attached hydrogen (secondary N) is 1. The number of likely N-dealkylation sites (tertiary alicyclic amines) is 1. The van der Waals surface area contributed by atoms with Crippen molar-refractivity contribution < 1.29 is 4.79 Å². The zero-order valence-electron chi connectivity index (χ0n) is 22.3. The maximum Gasteiger partial charge on any atom is 0.263 e. The fraction of sp³-hybridized carbons (Fsp3) is 0.226. The Morgan fingerprint density at radius 2 is 1.75 bits per heavy atom. The van der Waals surface area contributed by atoms with Crippen molar-refractivity contribution in [3.05, 3.63) is 107 Å². The summed E-state index contributed by atoms with van der Waals surface area (Å²) in [6.07, 6.45) is 7.42. The summed E-state index contributed by atoms with van der Waals surface area (Å²) in [6.45, 7) is 2.47. The predicted molar refractivity (Wildman–Crippen MR) is 157 cm³/mol. The first-order valence-electron chi connectivity index (χ1n) is 13.4. The minimum absolute atomic E-state index is 0.0913. The number of nitrogens with two attached hydrogens (primary N) is 1. The number of hydrogen-bond donors (Lipinski definition) is 2. The van der Waals surface area contributed by atoms with Gasteiger partial charge in [0.25, 0.3) is 11.5 Å². The van der Waals surface area contributed by atoms with Gasteiger partial charge in [-0.2, -0.15) is 0 Å². The molecule has 0 radical (unpaired) electrons. The summed E-state index contributed by atoms with van der Waals surface area (Å²) < 4.78 is 3.78. The molecule has 9 nitrogen and oxygen atoms in total. The standard InChI is InChI=1S/C31H31N7O2/c1-36-16-13-24(14-17-36)38-19-26(27-28(32)33-20-34-29(27)38)22-9-11-23(12-10-22)35-30(39)25-8-5-15-37(31(25)40)18-21-6-3-2-4-7-21/h2-12,15,19-20,24H,13-14,16-18H2,1H3,(H,35,39)(H2,32,33,34). The van der Waals surface area contributed by atoms with Crippen LogP contribution in [-0.2, 0) is 6.54 Å². The summed E-state index contributed by atoms with van der Waals surface area (Å²) in [5.41, 5.74) is 10.4. The van der Waals surface area contributed by atoms with E-state index >= 15 is 0 Å². The molecule has 1 aliphatic rings. The molecule has 0 saturated carbocycles. The molecule has 1 saturated heterocycles. The van der Waals surface area contributed by atoms with Crippen LogP contribution in [0, 0.1) is 0 Å². The van der Waals surface area contributed by atoms with E-state index in [1.807, 2.05) is 54.6 Å². The maximum atomic E-state index is 13.1. The van der Waals surface area contributed by atoms with E-state index < -0.39 is 5.91 Å². The number of nitrogens with zero attached hydrogens (tertiary/aromatic N) is 5. The molecule has 0 aliphatic carbocycles. The van der Waals surface area contributed by atoms with Gasteiger partial charge in [-0.25, -0.2) is 9.97 Å². The lowest BCUT2D eigenvalue weighted by Gasteiger charge is -2.30. The molecule has 0 spiro atoms. The number of carbonyl (C=O) groups excluding carboxylic acids is 1. The Morgan fingerprint density at radius 3 is 2.50 bits per heavy atom. The average Bonchev–Trinajstić information content (AvgIpc) is 3.36. The maximum absolute atomic E-state index is 13.1. The lowest BCUT2D eigenvalue weighted by molar-refractivity contribution is 0.102. The van der Waals surface area contributed by atoms with E-state index in [0.717, 1.165) is 53.7 Å². The fourth-order valence-corrected chi connectivity index (χ4v) is 5.42. The number of anilines is 2. The largest absolute Gasteiger partial charge is 0.383 e. The van der Waals surface area contributed by atoms with E-state index in [4.69, 9.17) is 5.73 Å². The summed E-state index contributed by atoms with van der Waals surface area (Å²) in [5.74, 6) is -0.00316. The van der Waals surface area contributed by atoms with Crippen LogP contribution in [0.5, 0.6) is 0 Å². The van der Waals surface area contributed by atoms with Crippen LogP contribution >= 0.6 is 0 Å². The van der Waals surface area contributed by atoms with Crippen molar-refractivity contribution >= 4 is 28.4 Å². The minimum atomic E-state index is -0.448. The highest BCUT2D eigenvalue weighted by molar-refractivity contribution is 6.04. The number of fused-ring (bicyclic) bond motifs is 1. The van der Waals surface area contributed by atoms with Gasteiger partial charge in [-0.15, -0.1) is 0 Å². The van der Waals surface area contributed by atoms with Crippen molar-refractivity contribution in [2.45, 2.75) is 25.4 Å². The monoisotopic (exact) mass is 533 g/mol. The molecule has 0 atom stereocenters. The van der Waals surface area contributed by atoms with Gasteiger partial charge in [-0.3, -0.25) is 9.59 Å². The number of amides is 1. The molecule has 0 unspecified atom stereocenters. The lowest BCUT2D eigenvalue weighted by atomic mass is 10.1. The summed E-state index contributed by atoms with van der Waals surface area (Å²) in [5, 5.41) is 3.70. The third-order valence-electron chi connectivity index (χ3n) is 7.63. The van der Waals surface area contributed by atoms with Crippen molar-refractivity contribution in [1.82, 2.24) is 24.0 Å². The first-order chi connectivity index (χ1) is 19.5. The Morgan fingerprint density at radius 1 is 1.00 bits per heavy atom. The summed E-state index contributed by atoms with van der Waals surface area (Å²) >= 11 is 0. The van der Waals surface area contributed by atoms with Gasteiger partial charge in [-0.1, -0.05) is 42.5 Å². The molecule has 40 heavy (non-hydrogen) atoms. The second-order valence-corrected chi connectivity index (χ2v) is 10.3. The second kappa shape index (κ2) is 10.8. The molecule has 3 N–H and O–H groups in total. The van der Waals surface area contributed by atoms with Gasteiger partial charge >= 0.3 is 0 Å². The number of benzene rings is 2. The number of piperidine rings is 1. The Bertz CT molecular complexity index is 1720. The average molecular weight is 534 g/mol. The zero-order chi connectivity index (χ0) is 27.6. The topological polar surface area (TPSA) is 111 Å². The van der Waals surface area contributed by atoms with Crippen molar-refractivity contribution in [3.63, 3.8) is 0 Å². The van der Waals surface area contributed by atoms with Crippen LogP contribution in [-0.4, -0.2) is 50.0 Å². The second-order valence-electron chi connectivity index (χ2n) is 10.3. The van der Waals surface area contributed by atoms with E-state index in [2.05, 4.69) is 38.0 Å². The first-order valence-corrected chi connectivity index (χ1v) is 13.4. The molecule has 3 aromatic heterocycles. The van der Waals surface area contributed by atoms with Crippen LogP contribution in [0.1, 0.15) is 34.8 Å². The fourth-order valence-electron chi connectivity index (χ4n) is 5.42. The van der Waals surface area contributed by atoms with Gasteiger partial charge in [0, 0.05) is 29.7 Å². The lowest BCUT2D eigenvalue weighted by Crippen LogP contribution is -2.31.